The lowest BCUT2D eigenvalue weighted by molar-refractivity contribution is 0.420. The highest BCUT2D eigenvalue weighted by atomic mass is 79.9. The highest BCUT2D eigenvalue weighted by Gasteiger charge is 2.17. The van der Waals surface area contributed by atoms with Crippen LogP contribution in [0.2, 0.25) is 0 Å². The maximum absolute atomic E-state index is 12.4. The van der Waals surface area contributed by atoms with Crippen LogP contribution in [0.3, 0.4) is 0 Å². The van der Waals surface area contributed by atoms with Gasteiger partial charge in [-0.3, -0.25) is 14.4 Å². The number of hydrogen-bond donors (Lipinski definition) is 1. The fourth-order valence-corrected chi connectivity index (χ4v) is 4.37. The van der Waals surface area contributed by atoms with E-state index in [1.54, 1.807) is 12.3 Å². The van der Waals surface area contributed by atoms with E-state index in [2.05, 4.69) is 36.9 Å². The third-order valence-electron chi connectivity index (χ3n) is 4.08. The predicted octanol–water partition coefficient (Wildman–Crippen LogP) is 5.45. The molecular weight excluding hydrogens is 480 g/mol. The van der Waals surface area contributed by atoms with E-state index in [0.717, 1.165) is 42.7 Å². The van der Waals surface area contributed by atoms with Crippen LogP contribution in [0.25, 0.3) is 11.6 Å². The van der Waals surface area contributed by atoms with E-state index < -0.39 is 0 Å². The molecule has 1 aliphatic heterocycles. The number of allylic oxidation sites excluding steroid dienone is 1. The summed E-state index contributed by atoms with van der Waals surface area (Å²) in [6.45, 7) is 0.308. The van der Waals surface area contributed by atoms with Crippen LogP contribution in [-0.2, 0) is 6.54 Å². The summed E-state index contributed by atoms with van der Waals surface area (Å²) in [6.07, 6.45) is 3.55. The van der Waals surface area contributed by atoms with Crippen LogP contribution in [0, 0.1) is 0 Å². The van der Waals surface area contributed by atoms with Gasteiger partial charge in [-0.25, -0.2) is 0 Å². The Morgan fingerprint density at radius 3 is 2.81 bits per heavy atom. The van der Waals surface area contributed by atoms with Gasteiger partial charge in [0.05, 0.1) is 17.1 Å². The van der Waals surface area contributed by atoms with E-state index in [1.807, 2.05) is 42.5 Å². The Kier molecular flexibility index (Phi) is 4.69. The predicted molar refractivity (Wildman–Crippen MR) is 114 cm³/mol. The molecule has 4 nitrogen and oxygen atoms in total. The van der Waals surface area contributed by atoms with Crippen LogP contribution in [0.15, 0.2) is 61.2 Å². The minimum atomic E-state index is -0.200. The van der Waals surface area contributed by atoms with Gasteiger partial charge in [0.1, 0.15) is 0 Å². The molecule has 0 amide bonds. The third kappa shape index (κ3) is 3.22. The molecule has 0 spiro atoms. The van der Waals surface area contributed by atoms with Crippen LogP contribution in [0.4, 0.5) is 5.69 Å². The lowest BCUT2D eigenvalue weighted by Crippen LogP contribution is -2.13. The number of hydrogen-bond acceptors (Lipinski definition) is 4. The molecule has 4 rings (SSSR count). The van der Waals surface area contributed by atoms with Gasteiger partial charge in [-0.05, 0) is 35.9 Å². The third-order valence-corrected chi connectivity index (χ3v) is 6.26. The number of benzene rings is 2. The van der Waals surface area contributed by atoms with Crippen molar-refractivity contribution in [2.75, 3.05) is 0 Å². The Bertz CT molecular complexity index is 1130. The second kappa shape index (κ2) is 6.98. The summed E-state index contributed by atoms with van der Waals surface area (Å²) >= 11 is 7.97. The van der Waals surface area contributed by atoms with E-state index >= 15 is 0 Å². The average Bonchev–Trinajstić information content (AvgIpc) is 3.13. The highest BCUT2D eigenvalue weighted by Crippen LogP contribution is 2.36. The molecule has 3 aromatic rings. The smallest absolute Gasteiger partial charge is 0.310 e. The number of aromatic hydroxyl groups is 1. The van der Waals surface area contributed by atoms with Gasteiger partial charge in [-0.15, -0.1) is 0 Å². The zero-order valence-corrected chi connectivity index (χ0v) is 17.3. The van der Waals surface area contributed by atoms with Crippen molar-refractivity contribution < 1.29 is 5.11 Å². The Labute approximate surface area is 170 Å². The van der Waals surface area contributed by atoms with Gasteiger partial charge in [-0.1, -0.05) is 61.4 Å². The lowest BCUT2D eigenvalue weighted by atomic mass is 10.1. The lowest BCUT2D eigenvalue weighted by Gasteiger charge is -2.06. The van der Waals surface area contributed by atoms with Crippen molar-refractivity contribution in [3.05, 3.63) is 77.1 Å². The van der Waals surface area contributed by atoms with Gasteiger partial charge in [0.2, 0.25) is 5.88 Å². The number of fused-ring (bicyclic) bond motifs is 1. The van der Waals surface area contributed by atoms with Gasteiger partial charge in [0.15, 0.2) is 0 Å². The van der Waals surface area contributed by atoms with Gasteiger partial charge < -0.3 is 5.11 Å². The van der Waals surface area contributed by atoms with Crippen molar-refractivity contribution in [2.24, 2.45) is 4.99 Å². The molecule has 0 fully saturated rings. The van der Waals surface area contributed by atoms with Crippen LogP contribution >= 0.6 is 43.2 Å². The number of rotatable bonds is 3. The molecule has 0 unspecified atom stereocenters. The molecule has 26 heavy (non-hydrogen) atoms. The topological polar surface area (TPSA) is 54.6 Å². The summed E-state index contributed by atoms with van der Waals surface area (Å²) in [4.78, 5) is 17.1. The molecule has 0 saturated carbocycles. The quantitative estimate of drug-likeness (QED) is 0.530. The number of thiazole rings is 1. The van der Waals surface area contributed by atoms with Gasteiger partial charge in [0.25, 0.3) is 0 Å². The maximum atomic E-state index is 12.4. The number of nitrogens with zero attached hydrogens (tertiary/aromatic N) is 2. The second-order valence-electron chi connectivity index (χ2n) is 5.75. The maximum Gasteiger partial charge on any atom is 0.310 e. The molecule has 7 heteroatoms. The van der Waals surface area contributed by atoms with Crippen LogP contribution in [0.1, 0.15) is 16.0 Å². The van der Waals surface area contributed by atoms with Crippen molar-refractivity contribution in [2.45, 2.75) is 6.54 Å². The van der Waals surface area contributed by atoms with E-state index in [9.17, 15) is 9.90 Å². The van der Waals surface area contributed by atoms with Crippen molar-refractivity contribution in [1.29, 1.82) is 0 Å². The second-order valence-corrected chi connectivity index (χ2v) is 8.52. The molecule has 0 saturated heterocycles. The first-order valence-corrected chi connectivity index (χ1v) is 10.1. The molecule has 0 aliphatic carbocycles. The van der Waals surface area contributed by atoms with E-state index in [0.29, 0.717) is 11.4 Å². The molecule has 2 aromatic carbocycles. The SMILES string of the molecule is O=c1sc(/C=C2/C=Nc3ccc(Br)cc32)c(O)n1Cc1ccccc1Br. The fraction of sp³-hybridized carbons (Fsp3) is 0.0526. The van der Waals surface area contributed by atoms with Crippen molar-refractivity contribution >= 4 is 66.7 Å². The minimum absolute atomic E-state index is 0.0277. The Morgan fingerprint density at radius 2 is 2.00 bits per heavy atom. The molecule has 1 N–H and O–H groups in total. The largest absolute Gasteiger partial charge is 0.493 e. The van der Waals surface area contributed by atoms with Crippen LogP contribution in [-0.4, -0.2) is 15.9 Å². The average molecular weight is 492 g/mol. The van der Waals surface area contributed by atoms with E-state index in [1.165, 1.54) is 4.57 Å². The molecule has 2 heterocycles. The fourth-order valence-electron chi connectivity index (χ4n) is 2.76. The molecular formula is C19H12Br2N2O2S. The molecule has 0 radical (unpaired) electrons. The summed E-state index contributed by atoms with van der Waals surface area (Å²) in [7, 11) is 0. The van der Waals surface area contributed by atoms with Crippen molar-refractivity contribution in [3.63, 3.8) is 0 Å². The van der Waals surface area contributed by atoms with Gasteiger partial charge in [0, 0.05) is 26.3 Å². The van der Waals surface area contributed by atoms with E-state index in [-0.39, 0.29) is 10.8 Å². The molecule has 1 aromatic heterocycles. The normalized spacial score (nSPS) is 14.2. The van der Waals surface area contributed by atoms with Gasteiger partial charge >= 0.3 is 4.87 Å². The molecule has 0 bridgehead atoms. The van der Waals surface area contributed by atoms with E-state index in [4.69, 9.17) is 0 Å². The summed E-state index contributed by atoms with van der Waals surface area (Å²) < 4.78 is 3.24. The number of aromatic nitrogens is 1. The molecule has 0 atom stereocenters. The Morgan fingerprint density at radius 1 is 1.19 bits per heavy atom. The Balaban J connectivity index is 1.73. The standard InChI is InChI=1S/C19H12Br2N2O2S/c20-13-5-6-16-14(8-13)12(9-22-16)7-17-18(24)23(19(25)26-17)10-11-3-1-2-4-15(11)21/h1-9,24H,10H2/b12-7-. The molecule has 1 aliphatic rings. The Hall–Kier alpha value is -1.96. The monoisotopic (exact) mass is 490 g/mol. The summed E-state index contributed by atoms with van der Waals surface area (Å²) in [5.41, 5.74) is 3.64. The summed E-state index contributed by atoms with van der Waals surface area (Å²) in [5, 5.41) is 10.6. The summed E-state index contributed by atoms with van der Waals surface area (Å²) in [6, 6.07) is 13.5. The number of aliphatic imine (C=N–C) groups is 1. The first-order chi connectivity index (χ1) is 12.5. The van der Waals surface area contributed by atoms with Crippen LogP contribution < -0.4 is 4.87 Å². The van der Waals surface area contributed by atoms with Gasteiger partial charge in [-0.2, -0.15) is 0 Å². The first kappa shape index (κ1) is 17.5. The zero-order valence-electron chi connectivity index (χ0n) is 13.3. The van der Waals surface area contributed by atoms with Crippen LogP contribution in [0.5, 0.6) is 5.88 Å². The first-order valence-electron chi connectivity index (χ1n) is 7.74. The minimum Gasteiger partial charge on any atom is -0.493 e. The van der Waals surface area contributed by atoms with Crippen molar-refractivity contribution in [1.82, 2.24) is 4.57 Å². The number of halogens is 2. The molecule has 130 valence electrons. The summed E-state index contributed by atoms with van der Waals surface area (Å²) in [5.74, 6) is -0.0277. The highest BCUT2D eigenvalue weighted by molar-refractivity contribution is 9.10. The zero-order chi connectivity index (χ0) is 18.3. The van der Waals surface area contributed by atoms with Crippen molar-refractivity contribution in [3.8, 4) is 5.88 Å².